The molecule has 2 radical (unpaired) electrons. The zero-order valence-corrected chi connectivity index (χ0v) is 7.25. The summed E-state index contributed by atoms with van der Waals surface area (Å²) < 4.78 is 0. The lowest BCUT2D eigenvalue weighted by Gasteiger charge is -1.94. The first-order valence-electron chi connectivity index (χ1n) is 2.33. The topological polar surface area (TPSA) is 0 Å². The van der Waals surface area contributed by atoms with Gasteiger partial charge >= 0.3 is 0 Å². The van der Waals surface area contributed by atoms with E-state index in [-0.39, 0.29) is 23.1 Å². The van der Waals surface area contributed by atoms with Crippen LogP contribution < -0.4 is 0 Å². The number of halogens is 1. The summed E-state index contributed by atoms with van der Waals surface area (Å²) in [5.41, 5.74) is 0. The molecule has 0 amide bonds. The molecule has 0 bridgehead atoms. The minimum Gasteiger partial charge on any atom is -0.127 e. The molecule has 0 heterocycles. The lowest BCUT2D eigenvalue weighted by Crippen LogP contribution is -1.85. The molecule has 7 heavy (non-hydrogen) atoms. The van der Waals surface area contributed by atoms with Crippen LogP contribution in [0.3, 0.4) is 0 Å². The van der Waals surface area contributed by atoms with Crippen molar-refractivity contribution in [2.24, 2.45) is 5.92 Å². The lowest BCUT2D eigenvalue weighted by molar-refractivity contribution is 0.630. The van der Waals surface area contributed by atoms with Gasteiger partial charge in [0.25, 0.3) is 0 Å². The molecular formula is C5H11ClMg. The van der Waals surface area contributed by atoms with Gasteiger partial charge in [-0.15, -0.1) is 11.6 Å². The Morgan fingerprint density at radius 1 is 1.43 bits per heavy atom. The van der Waals surface area contributed by atoms with Crippen molar-refractivity contribution >= 4 is 34.7 Å². The first-order chi connectivity index (χ1) is 2.77. The Kier molecular flexibility index (Phi) is 11.0. The van der Waals surface area contributed by atoms with Crippen LogP contribution in [0.1, 0.15) is 20.3 Å². The molecule has 0 saturated carbocycles. The Morgan fingerprint density at radius 2 is 1.86 bits per heavy atom. The average Bonchev–Trinajstić information content (AvgIpc) is 1.35. The van der Waals surface area contributed by atoms with Crippen molar-refractivity contribution in [3.63, 3.8) is 0 Å². The highest BCUT2D eigenvalue weighted by molar-refractivity contribution is 6.17. The van der Waals surface area contributed by atoms with Gasteiger partial charge in [-0.2, -0.15) is 0 Å². The summed E-state index contributed by atoms with van der Waals surface area (Å²) in [5.74, 6) is 1.57. The van der Waals surface area contributed by atoms with Gasteiger partial charge in [0.1, 0.15) is 0 Å². The van der Waals surface area contributed by atoms with E-state index >= 15 is 0 Å². The average molecular weight is 131 g/mol. The largest absolute Gasteiger partial charge is 0.127 e. The summed E-state index contributed by atoms with van der Waals surface area (Å²) >= 11 is 5.40. The second kappa shape index (κ2) is 7.06. The maximum atomic E-state index is 5.40. The fourth-order valence-corrected chi connectivity index (χ4v) is 0.655. The minimum atomic E-state index is 0. The lowest BCUT2D eigenvalue weighted by atomic mass is 10.2. The number of hydrogen-bond acceptors (Lipinski definition) is 0. The third kappa shape index (κ3) is 11.0. The van der Waals surface area contributed by atoms with Crippen molar-refractivity contribution in [3.05, 3.63) is 0 Å². The van der Waals surface area contributed by atoms with Crippen molar-refractivity contribution in [1.82, 2.24) is 0 Å². The van der Waals surface area contributed by atoms with Crippen LogP contribution >= 0.6 is 11.6 Å². The maximum absolute atomic E-state index is 5.40. The molecule has 0 saturated heterocycles. The second-order valence-corrected chi connectivity index (χ2v) is 2.25. The molecule has 0 nitrogen and oxygen atoms in total. The molecule has 0 atom stereocenters. The van der Waals surface area contributed by atoms with Crippen molar-refractivity contribution in [2.45, 2.75) is 20.3 Å². The summed E-state index contributed by atoms with van der Waals surface area (Å²) in [6.45, 7) is 4.34. The van der Waals surface area contributed by atoms with Crippen LogP contribution in [-0.2, 0) is 0 Å². The van der Waals surface area contributed by atoms with Gasteiger partial charge in [0.15, 0.2) is 0 Å². The van der Waals surface area contributed by atoms with Crippen LogP contribution in [0.25, 0.3) is 0 Å². The summed E-state index contributed by atoms with van der Waals surface area (Å²) in [7, 11) is 0. The van der Waals surface area contributed by atoms with Crippen molar-refractivity contribution in [2.75, 3.05) is 5.88 Å². The highest BCUT2D eigenvalue weighted by atomic mass is 35.5. The molecular weight excluding hydrogens is 120 g/mol. The van der Waals surface area contributed by atoms with E-state index in [2.05, 4.69) is 13.8 Å². The van der Waals surface area contributed by atoms with Gasteiger partial charge in [0, 0.05) is 28.9 Å². The summed E-state index contributed by atoms with van der Waals surface area (Å²) in [6.07, 6.45) is 1.14. The van der Waals surface area contributed by atoms with Crippen molar-refractivity contribution in [1.29, 1.82) is 0 Å². The van der Waals surface area contributed by atoms with Crippen LogP contribution in [0.4, 0.5) is 0 Å². The van der Waals surface area contributed by atoms with Gasteiger partial charge in [0.05, 0.1) is 0 Å². The van der Waals surface area contributed by atoms with Gasteiger partial charge in [-0.05, 0) is 12.3 Å². The molecule has 0 aromatic rings. The SMILES string of the molecule is CC(C)CCCl.[Mg]. The third-order valence-electron chi connectivity index (χ3n) is 0.686. The van der Waals surface area contributed by atoms with Crippen LogP contribution in [0.5, 0.6) is 0 Å². The first kappa shape index (κ1) is 10.9. The molecule has 0 fully saturated rings. The van der Waals surface area contributed by atoms with E-state index in [4.69, 9.17) is 11.6 Å². The molecule has 0 aromatic carbocycles. The number of hydrogen-bond donors (Lipinski definition) is 0. The number of rotatable bonds is 2. The first-order valence-corrected chi connectivity index (χ1v) is 2.86. The van der Waals surface area contributed by atoms with E-state index in [1.54, 1.807) is 0 Å². The molecule has 2 heteroatoms. The Balaban J connectivity index is 0. The monoisotopic (exact) mass is 130 g/mol. The molecule has 0 spiro atoms. The van der Waals surface area contributed by atoms with Gasteiger partial charge < -0.3 is 0 Å². The smallest absolute Gasteiger partial charge is 0.0225 e. The van der Waals surface area contributed by atoms with Crippen LogP contribution in [0.2, 0.25) is 0 Å². The Morgan fingerprint density at radius 3 is 1.86 bits per heavy atom. The molecule has 0 N–H and O–H groups in total. The van der Waals surface area contributed by atoms with E-state index in [1.165, 1.54) is 0 Å². The van der Waals surface area contributed by atoms with Gasteiger partial charge in [-0.1, -0.05) is 13.8 Å². The Labute approximate surface area is 66.8 Å². The fourth-order valence-electron chi connectivity index (χ4n) is 0.218. The van der Waals surface area contributed by atoms with Crippen molar-refractivity contribution in [3.8, 4) is 0 Å². The molecule has 0 aliphatic heterocycles. The Bertz CT molecular complexity index is 29.3. The normalized spacial score (nSPS) is 8.57. The molecule has 0 aliphatic rings. The fraction of sp³-hybridized carbons (Fsp3) is 1.00. The summed E-state index contributed by atoms with van der Waals surface area (Å²) in [5, 5.41) is 0. The summed E-state index contributed by atoms with van der Waals surface area (Å²) in [6, 6.07) is 0. The van der Waals surface area contributed by atoms with E-state index in [0.717, 1.165) is 18.2 Å². The maximum Gasteiger partial charge on any atom is 0.0225 e. The standard InChI is InChI=1S/C5H11Cl.Mg/c1-5(2)3-4-6;/h5H,3-4H2,1-2H3;. The summed E-state index contributed by atoms with van der Waals surface area (Å²) in [4.78, 5) is 0. The zero-order valence-electron chi connectivity index (χ0n) is 5.08. The molecule has 40 valence electrons. The van der Waals surface area contributed by atoms with Gasteiger partial charge in [-0.3, -0.25) is 0 Å². The highest BCUT2D eigenvalue weighted by Crippen LogP contribution is 1.98. The van der Waals surface area contributed by atoms with Gasteiger partial charge in [-0.25, -0.2) is 0 Å². The van der Waals surface area contributed by atoms with Crippen LogP contribution in [-0.4, -0.2) is 28.9 Å². The third-order valence-corrected chi connectivity index (χ3v) is 0.905. The zero-order chi connectivity index (χ0) is 4.99. The second-order valence-electron chi connectivity index (χ2n) is 1.87. The quantitative estimate of drug-likeness (QED) is 0.396. The van der Waals surface area contributed by atoms with E-state index < -0.39 is 0 Å². The highest BCUT2D eigenvalue weighted by Gasteiger charge is 1.86. The molecule has 0 aromatic heterocycles. The van der Waals surface area contributed by atoms with Crippen LogP contribution in [0.15, 0.2) is 0 Å². The molecule has 0 aliphatic carbocycles. The van der Waals surface area contributed by atoms with E-state index in [9.17, 15) is 0 Å². The van der Waals surface area contributed by atoms with Crippen molar-refractivity contribution < 1.29 is 0 Å². The number of alkyl halides is 1. The van der Waals surface area contributed by atoms with Gasteiger partial charge in [0.2, 0.25) is 0 Å². The predicted molar refractivity (Wildman–Crippen MR) is 35.9 cm³/mol. The molecule has 0 unspecified atom stereocenters. The molecule has 0 rings (SSSR count). The minimum absolute atomic E-state index is 0. The van der Waals surface area contributed by atoms with Crippen LogP contribution in [0, 0.1) is 5.92 Å². The predicted octanol–water partition coefficient (Wildman–Crippen LogP) is 1.89. The Hall–Kier alpha value is 1.06. The van der Waals surface area contributed by atoms with E-state index in [0.29, 0.717) is 0 Å². The van der Waals surface area contributed by atoms with E-state index in [1.807, 2.05) is 0 Å².